The summed E-state index contributed by atoms with van der Waals surface area (Å²) in [6.07, 6.45) is -0.185. The first-order valence-corrected chi connectivity index (χ1v) is 10.0. The number of tetrazole rings is 1. The van der Waals surface area contributed by atoms with Crippen molar-refractivity contribution >= 4 is 29.3 Å². The second kappa shape index (κ2) is 9.33. The first kappa shape index (κ1) is 20.5. The molecule has 1 heterocycles. The minimum absolute atomic E-state index is 0.142. The molecule has 0 saturated carbocycles. The van der Waals surface area contributed by atoms with Crippen molar-refractivity contribution in [3.8, 4) is 5.69 Å². The van der Waals surface area contributed by atoms with Crippen LogP contribution in [0.15, 0.2) is 53.7 Å². The molecule has 0 saturated heterocycles. The van der Waals surface area contributed by atoms with Crippen LogP contribution in [0, 0.1) is 6.92 Å². The maximum Gasteiger partial charge on any atom is 0.338 e. The van der Waals surface area contributed by atoms with Gasteiger partial charge in [-0.25, -0.2) is 4.79 Å². The largest absolute Gasteiger partial charge is 0.459 e. The molecular formula is C20H21N5O3S. The van der Waals surface area contributed by atoms with Gasteiger partial charge in [0.05, 0.1) is 23.1 Å². The third-order valence-electron chi connectivity index (χ3n) is 3.86. The number of nitrogens with one attached hydrogen (secondary N) is 1. The molecule has 1 aromatic heterocycles. The number of carbonyl (C=O) groups excluding carboxylic acids is 2. The van der Waals surface area contributed by atoms with E-state index >= 15 is 0 Å². The summed E-state index contributed by atoms with van der Waals surface area (Å²) in [4.78, 5) is 24.1. The van der Waals surface area contributed by atoms with Gasteiger partial charge in [-0.3, -0.25) is 4.79 Å². The molecule has 0 fully saturated rings. The number of hydrogen-bond donors (Lipinski definition) is 1. The Morgan fingerprint density at radius 3 is 2.55 bits per heavy atom. The van der Waals surface area contributed by atoms with Crippen molar-refractivity contribution in [2.45, 2.75) is 32.0 Å². The molecule has 0 radical (unpaired) electrons. The fraction of sp³-hybridized carbons (Fsp3) is 0.250. The summed E-state index contributed by atoms with van der Waals surface area (Å²) in [6.45, 7) is 5.55. The minimum atomic E-state index is -0.392. The zero-order valence-electron chi connectivity index (χ0n) is 16.3. The third kappa shape index (κ3) is 5.41. The first-order valence-electron chi connectivity index (χ1n) is 9.02. The van der Waals surface area contributed by atoms with Crippen LogP contribution in [0.1, 0.15) is 29.8 Å². The number of rotatable bonds is 7. The number of amides is 1. The van der Waals surface area contributed by atoms with Gasteiger partial charge < -0.3 is 10.1 Å². The summed E-state index contributed by atoms with van der Waals surface area (Å²) >= 11 is 1.24. The summed E-state index contributed by atoms with van der Waals surface area (Å²) in [7, 11) is 0. The molecule has 0 unspecified atom stereocenters. The Labute approximate surface area is 172 Å². The van der Waals surface area contributed by atoms with E-state index in [1.807, 2.05) is 31.2 Å². The summed E-state index contributed by atoms with van der Waals surface area (Å²) in [5.41, 5.74) is 2.92. The molecule has 0 aliphatic carbocycles. The van der Waals surface area contributed by atoms with E-state index in [2.05, 4.69) is 20.8 Å². The maximum atomic E-state index is 12.3. The van der Waals surface area contributed by atoms with Gasteiger partial charge in [-0.1, -0.05) is 30.0 Å². The van der Waals surface area contributed by atoms with E-state index in [0.717, 1.165) is 11.3 Å². The Morgan fingerprint density at radius 1 is 1.14 bits per heavy atom. The highest BCUT2D eigenvalue weighted by Gasteiger charge is 2.14. The van der Waals surface area contributed by atoms with Crippen molar-refractivity contribution in [3.63, 3.8) is 0 Å². The summed E-state index contributed by atoms with van der Waals surface area (Å²) in [5.74, 6) is -0.452. The molecule has 0 atom stereocenters. The van der Waals surface area contributed by atoms with E-state index in [1.165, 1.54) is 11.8 Å². The normalized spacial score (nSPS) is 10.8. The van der Waals surface area contributed by atoms with Crippen LogP contribution in [0.25, 0.3) is 5.69 Å². The van der Waals surface area contributed by atoms with Gasteiger partial charge in [-0.15, -0.1) is 5.10 Å². The van der Waals surface area contributed by atoms with Crippen molar-refractivity contribution in [2.75, 3.05) is 11.1 Å². The highest BCUT2D eigenvalue weighted by Crippen LogP contribution is 2.21. The van der Waals surface area contributed by atoms with Crippen LogP contribution in [0.3, 0.4) is 0 Å². The lowest BCUT2D eigenvalue weighted by Crippen LogP contribution is -2.15. The molecule has 3 aromatic rings. The summed E-state index contributed by atoms with van der Waals surface area (Å²) in [5, 5.41) is 15.1. The average molecular weight is 411 g/mol. The van der Waals surface area contributed by atoms with E-state index in [1.54, 1.807) is 42.8 Å². The molecular weight excluding hydrogens is 390 g/mol. The maximum absolute atomic E-state index is 12.3. The number of anilines is 1. The molecule has 0 aliphatic rings. The van der Waals surface area contributed by atoms with Gasteiger partial charge in [0.1, 0.15) is 0 Å². The highest BCUT2D eigenvalue weighted by atomic mass is 32.2. The van der Waals surface area contributed by atoms with E-state index in [0.29, 0.717) is 16.4 Å². The third-order valence-corrected chi connectivity index (χ3v) is 4.78. The molecule has 1 amide bonds. The molecule has 0 aliphatic heterocycles. The van der Waals surface area contributed by atoms with Gasteiger partial charge in [0.15, 0.2) is 0 Å². The number of carbonyl (C=O) groups is 2. The number of benzene rings is 2. The number of aryl methyl sites for hydroxylation is 1. The van der Waals surface area contributed by atoms with Crippen LogP contribution >= 0.6 is 11.8 Å². The fourth-order valence-electron chi connectivity index (χ4n) is 2.52. The van der Waals surface area contributed by atoms with Crippen LogP contribution in [0.4, 0.5) is 5.69 Å². The smallest absolute Gasteiger partial charge is 0.338 e. The van der Waals surface area contributed by atoms with Crippen molar-refractivity contribution in [3.05, 3.63) is 59.7 Å². The number of aromatic nitrogens is 4. The van der Waals surface area contributed by atoms with E-state index in [9.17, 15) is 9.59 Å². The van der Waals surface area contributed by atoms with Gasteiger partial charge in [0.25, 0.3) is 0 Å². The van der Waals surface area contributed by atoms with Gasteiger partial charge in [-0.2, -0.15) is 4.68 Å². The Hall–Kier alpha value is -3.20. The van der Waals surface area contributed by atoms with E-state index in [4.69, 9.17) is 4.74 Å². The number of nitrogens with zero attached hydrogens (tertiary/aromatic N) is 4. The molecule has 3 rings (SSSR count). The fourth-order valence-corrected chi connectivity index (χ4v) is 3.20. The molecule has 1 N–H and O–H groups in total. The van der Waals surface area contributed by atoms with Gasteiger partial charge in [0.2, 0.25) is 11.1 Å². The van der Waals surface area contributed by atoms with Gasteiger partial charge >= 0.3 is 5.97 Å². The zero-order valence-corrected chi connectivity index (χ0v) is 17.1. The Morgan fingerprint density at radius 2 is 1.86 bits per heavy atom. The monoisotopic (exact) mass is 411 g/mol. The lowest BCUT2D eigenvalue weighted by Gasteiger charge is -2.09. The number of esters is 1. The van der Waals surface area contributed by atoms with Crippen molar-refractivity contribution in [2.24, 2.45) is 0 Å². The van der Waals surface area contributed by atoms with Crippen LogP contribution < -0.4 is 5.32 Å². The second-order valence-corrected chi connectivity index (χ2v) is 7.47. The summed E-state index contributed by atoms with van der Waals surface area (Å²) < 4.78 is 6.76. The number of ether oxygens (including phenoxy) is 1. The van der Waals surface area contributed by atoms with Crippen LogP contribution in [0.2, 0.25) is 0 Å². The van der Waals surface area contributed by atoms with E-state index < -0.39 is 5.97 Å². The first-order chi connectivity index (χ1) is 13.9. The predicted molar refractivity (Wildman–Crippen MR) is 110 cm³/mol. The molecule has 9 heteroatoms. The van der Waals surface area contributed by atoms with Crippen molar-refractivity contribution in [1.29, 1.82) is 0 Å². The van der Waals surface area contributed by atoms with Crippen molar-refractivity contribution in [1.82, 2.24) is 20.2 Å². The SMILES string of the molecule is Cc1ccccc1-n1nnnc1SCC(=O)Nc1ccc(C(=O)OC(C)C)cc1. The van der Waals surface area contributed by atoms with Gasteiger partial charge in [-0.05, 0) is 67.1 Å². The molecule has 0 spiro atoms. The lowest BCUT2D eigenvalue weighted by molar-refractivity contribution is -0.113. The molecule has 29 heavy (non-hydrogen) atoms. The Bertz CT molecular complexity index is 1000. The van der Waals surface area contributed by atoms with Crippen LogP contribution in [-0.2, 0) is 9.53 Å². The van der Waals surface area contributed by atoms with Gasteiger partial charge in [0, 0.05) is 5.69 Å². The summed E-state index contributed by atoms with van der Waals surface area (Å²) in [6, 6.07) is 14.3. The molecule has 2 aromatic carbocycles. The molecule has 0 bridgehead atoms. The number of thioether (sulfide) groups is 1. The quantitative estimate of drug-likeness (QED) is 0.470. The zero-order chi connectivity index (χ0) is 20.8. The van der Waals surface area contributed by atoms with Crippen molar-refractivity contribution < 1.29 is 14.3 Å². The topological polar surface area (TPSA) is 99.0 Å². The molecule has 150 valence electrons. The number of hydrogen-bond acceptors (Lipinski definition) is 7. The molecule has 8 nitrogen and oxygen atoms in total. The van der Waals surface area contributed by atoms with E-state index in [-0.39, 0.29) is 17.8 Å². The standard InChI is InChI=1S/C20H21N5O3S/c1-13(2)28-19(27)15-8-10-16(11-9-15)21-18(26)12-29-20-22-23-24-25(20)17-7-5-4-6-14(17)3/h4-11,13H,12H2,1-3H3,(H,21,26). The average Bonchev–Trinajstić information content (AvgIpc) is 3.15. The van der Waals surface area contributed by atoms with Crippen LogP contribution in [-0.4, -0.2) is 43.9 Å². The van der Waals surface area contributed by atoms with Crippen LogP contribution in [0.5, 0.6) is 0 Å². The highest BCUT2D eigenvalue weighted by molar-refractivity contribution is 7.99. The Balaban J connectivity index is 1.58. The predicted octanol–water partition coefficient (Wildman–Crippen LogP) is 3.27. The lowest BCUT2D eigenvalue weighted by atomic mass is 10.2. The minimum Gasteiger partial charge on any atom is -0.459 e. The Kier molecular flexibility index (Phi) is 6.61. The second-order valence-electron chi connectivity index (χ2n) is 6.53. The number of para-hydroxylation sites is 1.